The Labute approximate surface area is 193 Å². The second-order valence-corrected chi connectivity index (χ2v) is 11.5. The SMILES string of the molecule is CCOC(=O)[C@H]1[C@H]2C(=O)N([C@H](C)CO)C(C(=O)Nc3cc(C)ccc3C)C23CC[C@]1(C)S3. The zero-order valence-corrected chi connectivity index (χ0v) is 20.1. The number of esters is 1. The van der Waals surface area contributed by atoms with Crippen molar-refractivity contribution >= 4 is 35.2 Å². The Morgan fingerprint density at radius 3 is 2.72 bits per heavy atom. The lowest BCUT2D eigenvalue weighted by atomic mass is 9.66. The van der Waals surface area contributed by atoms with Gasteiger partial charge in [-0.15, -0.1) is 11.8 Å². The summed E-state index contributed by atoms with van der Waals surface area (Å²) in [5.74, 6) is -2.10. The Bertz CT molecular complexity index is 968. The van der Waals surface area contributed by atoms with Crippen molar-refractivity contribution in [3.05, 3.63) is 29.3 Å². The number of aliphatic hydroxyl groups excluding tert-OH is 1. The molecule has 3 aliphatic rings. The van der Waals surface area contributed by atoms with Gasteiger partial charge in [-0.3, -0.25) is 14.4 Å². The van der Waals surface area contributed by atoms with Gasteiger partial charge in [-0.25, -0.2) is 0 Å². The molecular formula is C24H32N2O5S. The normalized spacial score (nSPS) is 33.9. The van der Waals surface area contributed by atoms with E-state index in [1.165, 1.54) is 4.90 Å². The molecule has 4 rings (SSSR count). The number of carbonyl (C=O) groups is 3. The number of nitrogens with zero attached hydrogens (tertiary/aromatic N) is 1. The lowest BCUT2D eigenvalue weighted by Gasteiger charge is -2.36. The number of aliphatic hydroxyl groups is 1. The minimum atomic E-state index is -0.770. The van der Waals surface area contributed by atoms with Gasteiger partial charge in [-0.2, -0.15) is 0 Å². The molecule has 3 saturated heterocycles. The van der Waals surface area contributed by atoms with Gasteiger partial charge in [0.05, 0.1) is 35.8 Å². The zero-order chi connectivity index (χ0) is 23.4. The van der Waals surface area contributed by atoms with E-state index in [-0.39, 0.29) is 31.0 Å². The Balaban J connectivity index is 1.77. The molecule has 2 bridgehead atoms. The van der Waals surface area contributed by atoms with E-state index in [1.807, 2.05) is 39.0 Å². The van der Waals surface area contributed by atoms with Gasteiger partial charge < -0.3 is 20.1 Å². The minimum Gasteiger partial charge on any atom is -0.466 e. The van der Waals surface area contributed by atoms with Crippen molar-refractivity contribution in [3.8, 4) is 0 Å². The summed E-state index contributed by atoms with van der Waals surface area (Å²) in [6.07, 6.45) is 1.40. The van der Waals surface area contributed by atoms with Crippen molar-refractivity contribution in [1.82, 2.24) is 4.90 Å². The molecule has 0 radical (unpaired) electrons. The molecule has 1 aromatic carbocycles. The van der Waals surface area contributed by atoms with Gasteiger partial charge in [-0.05, 0) is 64.7 Å². The van der Waals surface area contributed by atoms with Crippen LogP contribution < -0.4 is 5.32 Å². The Kier molecular flexibility index (Phi) is 5.82. The predicted molar refractivity (Wildman–Crippen MR) is 123 cm³/mol. The van der Waals surface area contributed by atoms with Crippen molar-refractivity contribution in [2.75, 3.05) is 18.5 Å². The van der Waals surface area contributed by atoms with Crippen molar-refractivity contribution < 1.29 is 24.2 Å². The summed E-state index contributed by atoms with van der Waals surface area (Å²) >= 11 is 1.60. The number of fused-ring (bicyclic) bond motifs is 1. The van der Waals surface area contributed by atoms with Gasteiger partial charge in [0.1, 0.15) is 6.04 Å². The van der Waals surface area contributed by atoms with Crippen LogP contribution >= 0.6 is 11.8 Å². The average molecular weight is 461 g/mol. The van der Waals surface area contributed by atoms with E-state index in [9.17, 15) is 19.5 Å². The molecule has 3 heterocycles. The van der Waals surface area contributed by atoms with Crippen molar-refractivity contribution in [2.24, 2.45) is 11.8 Å². The third kappa shape index (κ3) is 3.25. The summed E-state index contributed by atoms with van der Waals surface area (Å²) in [6.45, 7) is 9.39. The number of amides is 2. The lowest BCUT2D eigenvalue weighted by molar-refractivity contribution is -0.155. The van der Waals surface area contributed by atoms with E-state index in [0.717, 1.165) is 17.5 Å². The van der Waals surface area contributed by atoms with Crippen LogP contribution in [0.5, 0.6) is 0 Å². The molecule has 3 aliphatic heterocycles. The Morgan fingerprint density at radius 1 is 1.34 bits per heavy atom. The molecule has 8 heteroatoms. The van der Waals surface area contributed by atoms with Gasteiger partial charge in [0, 0.05) is 10.4 Å². The van der Waals surface area contributed by atoms with Crippen LogP contribution in [-0.2, 0) is 19.1 Å². The van der Waals surface area contributed by atoms with Crippen LogP contribution in [0.1, 0.15) is 44.7 Å². The van der Waals surface area contributed by atoms with Crippen molar-refractivity contribution in [3.63, 3.8) is 0 Å². The lowest BCUT2D eigenvalue weighted by Crippen LogP contribution is -2.54. The molecule has 7 nitrogen and oxygen atoms in total. The first-order valence-corrected chi connectivity index (χ1v) is 12.1. The zero-order valence-electron chi connectivity index (χ0n) is 19.3. The summed E-state index contributed by atoms with van der Waals surface area (Å²) in [7, 11) is 0. The van der Waals surface area contributed by atoms with Crippen LogP contribution in [-0.4, -0.2) is 62.6 Å². The highest BCUT2D eigenvalue weighted by molar-refractivity contribution is 8.02. The standard InChI is InChI=1S/C24H32N2O5S/c1-6-31-22(30)18-17-21(29)26(15(4)12-27)19(24(17)10-9-23(18,5)32-24)20(28)25-16-11-13(2)7-8-14(16)3/h7-8,11,15,17-19,27H,6,9-10,12H2,1-5H3,(H,25,28)/t15-,17+,18-,19?,23+,24?/m1/s1. The second kappa shape index (κ2) is 8.06. The Morgan fingerprint density at radius 2 is 2.06 bits per heavy atom. The molecule has 32 heavy (non-hydrogen) atoms. The minimum absolute atomic E-state index is 0.235. The summed E-state index contributed by atoms with van der Waals surface area (Å²) in [5.41, 5.74) is 2.67. The van der Waals surface area contributed by atoms with Gasteiger partial charge in [0.25, 0.3) is 0 Å². The number of thioether (sulfide) groups is 1. The summed E-state index contributed by atoms with van der Waals surface area (Å²) in [6, 6.07) is 4.55. The molecule has 1 spiro atoms. The highest BCUT2D eigenvalue weighted by Crippen LogP contribution is 2.71. The van der Waals surface area contributed by atoms with Gasteiger partial charge >= 0.3 is 5.97 Å². The quantitative estimate of drug-likeness (QED) is 0.634. The van der Waals surface area contributed by atoms with Crippen LogP contribution in [0.15, 0.2) is 18.2 Å². The number of hydrogen-bond acceptors (Lipinski definition) is 6. The third-order valence-corrected chi connectivity index (χ3v) is 9.38. The van der Waals surface area contributed by atoms with Crippen molar-refractivity contribution in [1.29, 1.82) is 0 Å². The molecule has 0 aliphatic carbocycles. The van der Waals surface area contributed by atoms with Crippen molar-refractivity contribution in [2.45, 2.75) is 69.0 Å². The molecular weight excluding hydrogens is 428 g/mol. The number of rotatable bonds is 6. The maximum Gasteiger partial charge on any atom is 0.311 e. The topological polar surface area (TPSA) is 95.9 Å². The van der Waals surface area contributed by atoms with E-state index >= 15 is 0 Å². The smallest absolute Gasteiger partial charge is 0.311 e. The van der Waals surface area contributed by atoms with Crippen LogP contribution in [0.3, 0.4) is 0 Å². The Hall–Kier alpha value is -2.06. The van der Waals surface area contributed by atoms with Crippen LogP contribution in [0, 0.1) is 25.7 Å². The molecule has 2 amide bonds. The fourth-order valence-corrected chi connectivity index (χ4v) is 8.22. The van der Waals surface area contributed by atoms with E-state index in [0.29, 0.717) is 12.1 Å². The first-order valence-electron chi connectivity index (χ1n) is 11.3. The first kappa shape index (κ1) is 23.1. The maximum absolute atomic E-state index is 13.8. The number of nitrogens with one attached hydrogen (secondary N) is 1. The monoisotopic (exact) mass is 460 g/mol. The second-order valence-electron chi connectivity index (χ2n) is 9.56. The fraction of sp³-hybridized carbons (Fsp3) is 0.625. The molecule has 1 aromatic rings. The highest BCUT2D eigenvalue weighted by atomic mass is 32.2. The molecule has 6 atom stereocenters. The maximum atomic E-state index is 13.8. The predicted octanol–water partition coefficient (Wildman–Crippen LogP) is 2.67. The summed E-state index contributed by atoms with van der Waals surface area (Å²) in [5, 5.41) is 12.9. The number of benzene rings is 1. The summed E-state index contributed by atoms with van der Waals surface area (Å²) in [4.78, 5) is 42.0. The van der Waals surface area contributed by atoms with E-state index < -0.39 is 33.4 Å². The van der Waals surface area contributed by atoms with Gasteiger partial charge in [0.15, 0.2) is 0 Å². The molecule has 2 unspecified atom stereocenters. The van der Waals surface area contributed by atoms with Crippen LogP contribution in [0.4, 0.5) is 5.69 Å². The molecule has 3 fully saturated rings. The number of likely N-dealkylation sites (tertiary alicyclic amines) is 1. The molecule has 174 valence electrons. The number of hydrogen-bond donors (Lipinski definition) is 2. The number of anilines is 1. The molecule has 0 saturated carbocycles. The summed E-state index contributed by atoms with van der Waals surface area (Å²) < 4.78 is 4.21. The fourth-order valence-electron chi connectivity index (χ4n) is 5.89. The van der Waals surface area contributed by atoms with Gasteiger partial charge in [0.2, 0.25) is 11.8 Å². The molecule has 2 N–H and O–H groups in total. The number of carbonyl (C=O) groups excluding carboxylic acids is 3. The average Bonchev–Trinajstić information content (AvgIpc) is 3.31. The largest absolute Gasteiger partial charge is 0.466 e. The van der Waals surface area contributed by atoms with E-state index in [4.69, 9.17) is 4.74 Å². The molecule has 0 aromatic heterocycles. The number of aryl methyl sites for hydroxylation is 2. The third-order valence-electron chi connectivity index (χ3n) is 7.39. The highest BCUT2D eigenvalue weighted by Gasteiger charge is 2.77. The first-order chi connectivity index (χ1) is 15.1. The number of ether oxygens (including phenoxy) is 1. The van der Waals surface area contributed by atoms with E-state index in [1.54, 1.807) is 25.6 Å². The van der Waals surface area contributed by atoms with Gasteiger partial charge in [-0.1, -0.05) is 12.1 Å². The van der Waals surface area contributed by atoms with Crippen LogP contribution in [0.2, 0.25) is 0 Å². The van der Waals surface area contributed by atoms with Crippen LogP contribution in [0.25, 0.3) is 0 Å². The van der Waals surface area contributed by atoms with E-state index in [2.05, 4.69) is 5.32 Å².